The number of aryl methyl sites for hydroxylation is 1. The summed E-state index contributed by atoms with van der Waals surface area (Å²) in [6.07, 6.45) is 0.912. The fourth-order valence-corrected chi connectivity index (χ4v) is 1.70. The summed E-state index contributed by atoms with van der Waals surface area (Å²) in [7, 11) is 0. The van der Waals surface area contributed by atoms with Crippen molar-refractivity contribution in [3.63, 3.8) is 0 Å². The van der Waals surface area contributed by atoms with Crippen LogP contribution in [0.4, 0.5) is 5.13 Å². The maximum Gasteiger partial charge on any atom is 0.203 e. The van der Waals surface area contributed by atoms with Crippen molar-refractivity contribution in [2.45, 2.75) is 6.42 Å². The normalized spacial score (nSPS) is 9.89. The minimum absolute atomic E-state index is 0.547. The molecule has 1 aromatic rings. The Balaban J connectivity index is 2.61. The molecule has 0 fully saturated rings. The molecule has 0 atom stereocenters. The van der Waals surface area contributed by atoms with E-state index in [1.54, 1.807) is 0 Å². The Morgan fingerprint density at radius 2 is 2.33 bits per heavy atom. The van der Waals surface area contributed by atoms with Crippen LogP contribution in [-0.2, 0) is 6.42 Å². The number of nitrogens with zero attached hydrogens (tertiary/aromatic N) is 2. The van der Waals surface area contributed by atoms with Gasteiger partial charge >= 0.3 is 0 Å². The Morgan fingerprint density at radius 3 is 2.78 bits per heavy atom. The number of nitrogen functional groups attached to an aromatic ring is 1. The van der Waals surface area contributed by atoms with E-state index in [0.717, 1.165) is 16.8 Å². The Hall–Kier alpha value is -0.160. The van der Waals surface area contributed by atoms with Crippen LogP contribution in [-0.4, -0.2) is 15.5 Å². The molecule has 1 heterocycles. The van der Waals surface area contributed by atoms with E-state index in [2.05, 4.69) is 26.1 Å². The molecule has 0 aromatic carbocycles. The second-order valence-electron chi connectivity index (χ2n) is 1.47. The van der Waals surface area contributed by atoms with Gasteiger partial charge in [-0.1, -0.05) is 27.3 Å². The highest BCUT2D eigenvalue weighted by Crippen LogP contribution is 2.11. The van der Waals surface area contributed by atoms with Crippen LogP contribution in [0.15, 0.2) is 0 Å². The molecule has 3 nitrogen and oxygen atoms in total. The SMILES string of the molecule is Nc1nnc(CCBr)s1. The van der Waals surface area contributed by atoms with Crippen LogP contribution in [0, 0.1) is 0 Å². The largest absolute Gasteiger partial charge is 0.374 e. The van der Waals surface area contributed by atoms with E-state index >= 15 is 0 Å². The average molecular weight is 208 g/mol. The number of aromatic nitrogens is 2. The summed E-state index contributed by atoms with van der Waals surface area (Å²) >= 11 is 4.73. The Labute approximate surface area is 65.4 Å². The monoisotopic (exact) mass is 207 g/mol. The van der Waals surface area contributed by atoms with Crippen LogP contribution < -0.4 is 5.73 Å². The van der Waals surface area contributed by atoms with Crippen molar-refractivity contribution in [1.29, 1.82) is 0 Å². The van der Waals surface area contributed by atoms with E-state index in [9.17, 15) is 0 Å². The molecule has 0 amide bonds. The van der Waals surface area contributed by atoms with Crippen LogP contribution in [0.25, 0.3) is 0 Å². The van der Waals surface area contributed by atoms with Crippen molar-refractivity contribution in [3.8, 4) is 0 Å². The lowest BCUT2D eigenvalue weighted by Crippen LogP contribution is -1.83. The first-order chi connectivity index (χ1) is 4.33. The lowest BCUT2D eigenvalue weighted by molar-refractivity contribution is 0.997. The van der Waals surface area contributed by atoms with Gasteiger partial charge in [-0.25, -0.2) is 0 Å². The molecule has 0 aliphatic heterocycles. The lowest BCUT2D eigenvalue weighted by atomic mass is 10.5. The first-order valence-electron chi connectivity index (χ1n) is 2.46. The molecular formula is C4H6BrN3S. The standard InChI is InChI=1S/C4H6BrN3S/c5-2-1-3-7-8-4(6)9-3/h1-2H2,(H2,6,8). The summed E-state index contributed by atoms with van der Waals surface area (Å²) in [6.45, 7) is 0. The van der Waals surface area contributed by atoms with E-state index in [1.807, 2.05) is 0 Å². The van der Waals surface area contributed by atoms with Crippen molar-refractivity contribution in [1.82, 2.24) is 10.2 Å². The van der Waals surface area contributed by atoms with Gasteiger partial charge in [-0.2, -0.15) is 0 Å². The molecule has 2 N–H and O–H groups in total. The molecular weight excluding hydrogens is 202 g/mol. The van der Waals surface area contributed by atoms with Gasteiger partial charge in [-0.15, -0.1) is 10.2 Å². The number of rotatable bonds is 2. The van der Waals surface area contributed by atoms with Gasteiger partial charge in [-0.05, 0) is 0 Å². The molecule has 1 rings (SSSR count). The topological polar surface area (TPSA) is 51.8 Å². The number of alkyl halides is 1. The fourth-order valence-electron chi connectivity index (χ4n) is 0.448. The highest BCUT2D eigenvalue weighted by atomic mass is 79.9. The van der Waals surface area contributed by atoms with Crippen molar-refractivity contribution < 1.29 is 0 Å². The third kappa shape index (κ3) is 1.91. The van der Waals surface area contributed by atoms with E-state index in [1.165, 1.54) is 11.3 Å². The molecule has 9 heavy (non-hydrogen) atoms. The number of hydrogen-bond donors (Lipinski definition) is 1. The zero-order valence-electron chi connectivity index (χ0n) is 4.67. The molecule has 1 aromatic heterocycles. The van der Waals surface area contributed by atoms with Crippen molar-refractivity contribution >= 4 is 32.4 Å². The van der Waals surface area contributed by atoms with Crippen molar-refractivity contribution in [2.75, 3.05) is 11.1 Å². The number of nitrogens with two attached hydrogens (primary N) is 1. The van der Waals surface area contributed by atoms with Gasteiger partial charge in [0.15, 0.2) is 0 Å². The number of halogens is 1. The summed E-state index contributed by atoms with van der Waals surface area (Å²) < 4.78 is 0. The lowest BCUT2D eigenvalue weighted by Gasteiger charge is -1.81. The predicted molar refractivity (Wildman–Crippen MR) is 41.8 cm³/mol. The first-order valence-corrected chi connectivity index (χ1v) is 4.40. The number of anilines is 1. The minimum Gasteiger partial charge on any atom is -0.374 e. The average Bonchev–Trinajstić information content (AvgIpc) is 2.17. The van der Waals surface area contributed by atoms with Gasteiger partial charge in [-0.3, -0.25) is 0 Å². The summed E-state index contributed by atoms with van der Waals surface area (Å²) in [5.74, 6) is 0. The molecule has 0 saturated carbocycles. The van der Waals surface area contributed by atoms with Crippen molar-refractivity contribution in [2.24, 2.45) is 0 Å². The molecule has 0 radical (unpaired) electrons. The zero-order valence-corrected chi connectivity index (χ0v) is 7.07. The summed E-state index contributed by atoms with van der Waals surface area (Å²) in [4.78, 5) is 0. The summed E-state index contributed by atoms with van der Waals surface area (Å²) in [6, 6.07) is 0. The molecule has 0 spiro atoms. The van der Waals surface area contributed by atoms with Crippen LogP contribution in [0.2, 0.25) is 0 Å². The third-order valence-corrected chi connectivity index (χ3v) is 2.00. The van der Waals surface area contributed by atoms with Gasteiger partial charge < -0.3 is 5.73 Å². The van der Waals surface area contributed by atoms with E-state index < -0.39 is 0 Å². The van der Waals surface area contributed by atoms with E-state index in [0.29, 0.717) is 5.13 Å². The molecule has 0 bridgehead atoms. The second-order valence-corrected chi connectivity index (χ2v) is 3.36. The van der Waals surface area contributed by atoms with Crippen LogP contribution >= 0.6 is 27.3 Å². The van der Waals surface area contributed by atoms with Gasteiger partial charge in [0.25, 0.3) is 0 Å². The van der Waals surface area contributed by atoms with Gasteiger partial charge in [0.1, 0.15) is 5.01 Å². The predicted octanol–water partition coefficient (Wildman–Crippen LogP) is 1.06. The molecule has 0 saturated heterocycles. The van der Waals surface area contributed by atoms with Gasteiger partial charge in [0.2, 0.25) is 5.13 Å². The third-order valence-electron chi connectivity index (χ3n) is 0.791. The Morgan fingerprint density at radius 1 is 1.56 bits per heavy atom. The van der Waals surface area contributed by atoms with Crippen LogP contribution in [0.3, 0.4) is 0 Å². The molecule has 50 valence electrons. The highest BCUT2D eigenvalue weighted by molar-refractivity contribution is 9.09. The zero-order chi connectivity index (χ0) is 6.69. The van der Waals surface area contributed by atoms with Crippen molar-refractivity contribution in [3.05, 3.63) is 5.01 Å². The fraction of sp³-hybridized carbons (Fsp3) is 0.500. The second kappa shape index (κ2) is 3.12. The molecule has 0 unspecified atom stereocenters. The highest BCUT2D eigenvalue weighted by Gasteiger charge is 1.97. The number of hydrogen-bond acceptors (Lipinski definition) is 4. The molecule has 5 heteroatoms. The minimum atomic E-state index is 0.547. The first kappa shape index (κ1) is 6.95. The van der Waals surface area contributed by atoms with Gasteiger partial charge in [0, 0.05) is 11.8 Å². The smallest absolute Gasteiger partial charge is 0.203 e. The van der Waals surface area contributed by atoms with Crippen LogP contribution in [0.5, 0.6) is 0 Å². The maximum atomic E-state index is 5.34. The van der Waals surface area contributed by atoms with Gasteiger partial charge in [0.05, 0.1) is 0 Å². The Bertz CT molecular complexity index is 188. The quantitative estimate of drug-likeness (QED) is 0.739. The van der Waals surface area contributed by atoms with E-state index in [4.69, 9.17) is 5.73 Å². The molecule has 0 aliphatic rings. The Kier molecular flexibility index (Phi) is 2.41. The summed E-state index contributed by atoms with van der Waals surface area (Å²) in [5, 5.41) is 9.94. The molecule has 0 aliphatic carbocycles. The maximum absolute atomic E-state index is 5.34. The summed E-state index contributed by atoms with van der Waals surface area (Å²) in [5.41, 5.74) is 5.34. The van der Waals surface area contributed by atoms with E-state index in [-0.39, 0.29) is 0 Å². The van der Waals surface area contributed by atoms with Crippen LogP contribution in [0.1, 0.15) is 5.01 Å².